The summed E-state index contributed by atoms with van der Waals surface area (Å²) in [5, 5.41) is 3.64. The van der Waals surface area contributed by atoms with Gasteiger partial charge in [0.2, 0.25) is 0 Å². The van der Waals surface area contributed by atoms with Gasteiger partial charge in [0.05, 0.1) is 8.07 Å². The van der Waals surface area contributed by atoms with E-state index in [0.717, 1.165) is 60.7 Å². The molecular formula is C42H33F3O3SSi. The van der Waals surface area contributed by atoms with Crippen LogP contribution >= 0.6 is 0 Å². The molecule has 0 fully saturated rings. The minimum atomic E-state index is -5.90. The van der Waals surface area contributed by atoms with Gasteiger partial charge in [-0.25, -0.2) is 0 Å². The summed E-state index contributed by atoms with van der Waals surface area (Å²) in [5.74, 6) is -0.290. The highest BCUT2D eigenvalue weighted by Crippen LogP contribution is 2.51. The summed E-state index contributed by atoms with van der Waals surface area (Å²) in [4.78, 5) is 0. The molecule has 0 aliphatic carbocycles. The Hall–Kier alpha value is -5.18. The Morgan fingerprint density at radius 2 is 0.840 bits per heavy atom. The second-order valence-electron chi connectivity index (χ2n) is 13.3. The largest absolute Gasteiger partial charge is 0.534 e. The van der Waals surface area contributed by atoms with Gasteiger partial charge in [0.15, 0.2) is 0 Å². The SMILES string of the molecule is C[Si](C)(C)c1cc2cc3c(-c4ccccc4)c(-c4ccccc4)c(-c4ccccc4)c(-c4ccccc4)c3cc2cc1OS(=O)(=O)C(F)(F)F. The molecule has 3 nitrogen and oxygen atoms in total. The Labute approximate surface area is 290 Å². The smallest absolute Gasteiger partial charge is 0.376 e. The summed E-state index contributed by atoms with van der Waals surface area (Å²) in [5.41, 5.74) is 2.46. The van der Waals surface area contributed by atoms with Crippen molar-refractivity contribution in [3.8, 4) is 50.3 Å². The van der Waals surface area contributed by atoms with E-state index in [9.17, 15) is 21.6 Å². The monoisotopic (exact) mass is 702 g/mol. The van der Waals surface area contributed by atoms with E-state index in [1.54, 1.807) is 0 Å². The second kappa shape index (κ2) is 12.6. The number of rotatable bonds is 7. The van der Waals surface area contributed by atoms with E-state index in [2.05, 4.69) is 54.6 Å². The van der Waals surface area contributed by atoms with Crippen LogP contribution in [0.4, 0.5) is 13.2 Å². The molecule has 0 heterocycles. The lowest BCUT2D eigenvalue weighted by atomic mass is 9.78. The van der Waals surface area contributed by atoms with Crippen LogP contribution in [0, 0.1) is 0 Å². The molecule has 0 atom stereocenters. The number of fused-ring (bicyclic) bond motifs is 2. The number of alkyl halides is 3. The Kier molecular flexibility index (Phi) is 8.40. The molecule has 0 aromatic heterocycles. The van der Waals surface area contributed by atoms with Crippen LogP contribution in [-0.2, 0) is 10.1 Å². The molecule has 8 heteroatoms. The van der Waals surface area contributed by atoms with Gasteiger partial charge >= 0.3 is 15.6 Å². The highest BCUT2D eigenvalue weighted by molar-refractivity contribution is 7.88. The van der Waals surface area contributed by atoms with Crippen LogP contribution in [0.15, 0.2) is 146 Å². The maximum atomic E-state index is 13.6. The lowest BCUT2D eigenvalue weighted by molar-refractivity contribution is -0.0499. The summed E-state index contributed by atoms with van der Waals surface area (Å²) in [7, 11) is -8.33. The predicted octanol–water partition coefficient (Wildman–Crippen LogP) is 11.4. The van der Waals surface area contributed by atoms with E-state index in [4.69, 9.17) is 4.18 Å². The zero-order chi connectivity index (χ0) is 35.3. The van der Waals surface area contributed by atoms with Gasteiger partial charge in [0.25, 0.3) is 0 Å². The predicted molar refractivity (Wildman–Crippen MR) is 202 cm³/mol. The molecule has 0 aliphatic rings. The minimum absolute atomic E-state index is 0.290. The molecule has 0 radical (unpaired) electrons. The molecule has 7 rings (SSSR count). The van der Waals surface area contributed by atoms with E-state index in [1.165, 1.54) is 6.07 Å². The molecule has 0 bridgehead atoms. The van der Waals surface area contributed by atoms with Gasteiger partial charge < -0.3 is 4.18 Å². The van der Waals surface area contributed by atoms with E-state index in [1.807, 2.05) is 105 Å². The average Bonchev–Trinajstić information content (AvgIpc) is 3.10. The fourth-order valence-corrected chi connectivity index (χ4v) is 8.67. The molecule has 0 spiro atoms. The van der Waals surface area contributed by atoms with Crippen molar-refractivity contribution in [1.29, 1.82) is 0 Å². The first kappa shape index (κ1) is 33.3. The molecule has 0 amide bonds. The first-order valence-electron chi connectivity index (χ1n) is 16.2. The van der Waals surface area contributed by atoms with Crippen molar-refractivity contribution < 1.29 is 25.8 Å². The van der Waals surface area contributed by atoms with Crippen molar-refractivity contribution in [2.75, 3.05) is 0 Å². The summed E-state index contributed by atoms with van der Waals surface area (Å²) in [6, 6.07) is 48.0. The third-order valence-electron chi connectivity index (χ3n) is 8.90. The maximum Gasteiger partial charge on any atom is 0.534 e. The van der Waals surface area contributed by atoms with Crippen LogP contribution in [0.25, 0.3) is 66.1 Å². The van der Waals surface area contributed by atoms with Gasteiger partial charge in [0.1, 0.15) is 5.75 Å². The fraction of sp³-hybridized carbons (Fsp3) is 0.0952. The zero-order valence-corrected chi connectivity index (χ0v) is 29.4. The van der Waals surface area contributed by atoms with Crippen LogP contribution in [0.2, 0.25) is 19.6 Å². The molecule has 0 saturated carbocycles. The average molecular weight is 703 g/mol. The third-order valence-corrected chi connectivity index (χ3v) is 11.9. The van der Waals surface area contributed by atoms with Crippen molar-refractivity contribution in [2.24, 2.45) is 0 Å². The second-order valence-corrected chi connectivity index (χ2v) is 19.9. The Morgan fingerprint density at radius 1 is 0.500 bits per heavy atom. The van der Waals surface area contributed by atoms with Crippen LogP contribution in [0.3, 0.4) is 0 Å². The Morgan fingerprint density at radius 3 is 1.18 bits per heavy atom. The Balaban J connectivity index is 1.71. The van der Waals surface area contributed by atoms with Gasteiger partial charge in [-0.3, -0.25) is 0 Å². The van der Waals surface area contributed by atoms with E-state index < -0.39 is 23.7 Å². The first-order chi connectivity index (χ1) is 23.8. The van der Waals surface area contributed by atoms with Crippen molar-refractivity contribution in [1.82, 2.24) is 0 Å². The molecule has 250 valence electrons. The zero-order valence-electron chi connectivity index (χ0n) is 27.6. The number of hydrogen-bond acceptors (Lipinski definition) is 3. The fourth-order valence-electron chi connectivity index (χ4n) is 6.68. The van der Waals surface area contributed by atoms with Crippen molar-refractivity contribution in [3.05, 3.63) is 146 Å². The van der Waals surface area contributed by atoms with Gasteiger partial charge in [-0.15, -0.1) is 0 Å². The summed E-state index contributed by atoms with van der Waals surface area (Å²) in [6.45, 7) is 5.85. The maximum absolute atomic E-state index is 13.6. The molecular weight excluding hydrogens is 670 g/mol. The molecule has 0 unspecified atom stereocenters. The minimum Gasteiger partial charge on any atom is -0.376 e. The van der Waals surface area contributed by atoms with Crippen LogP contribution in [0.5, 0.6) is 5.75 Å². The molecule has 0 N–H and O–H groups in total. The normalized spacial score (nSPS) is 12.4. The third kappa shape index (κ3) is 6.10. The molecule has 7 aromatic rings. The Bertz CT molecular complexity index is 2460. The summed E-state index contributed by atoms with van der Waals surface area (Å²) >= 11 is 0. The first-order valence-corrected chi connectivity index (χ1v) is 21.1. The van der Waals surface area contributed by atoms with Gasteiger partial charge in [-0.05, 0) is 89.4 Å². The van der Waals surface area contributed by atoms with Crippen molar-refractivity contribution >= 4 is 44.9 Å². The van der Waals surface area contributed by atoms with E-state index >= 15 is 0 Å². The quantitative estimate of drug-likeness (QED) is 0.0719. The number of hydrogen-bond donors (Lipinski definition) is 0. The molecule has 0 saturated heterocycles. The highest BCUT2D eigenvalue weighted by Gasteiger charge is 2.49. The number of halogens is 3. The van der Waals surface area contributed by atoms with Crippen LogP contribution < -0.4 is 9.37 Å². The van der Waals surface area contributed by atoms with Crippen molar-refractivity contribution in [2.45, 2.75) is 25.1 Å². The van der Waals surface area contributed by atoms with Crippen molar-refractivity contribution in [3.63, 3.8) is 0 Å². The lowest BCUT2D eigenvalue weighted by Crippen LogP contribution is -2.40. The van der Waals surface area contributed by atoms with Gasteiger partial charge in [-0.2, -0.15) is 21.6 Å². The summed E-state index contributed by atoms with van der Waals surface area (Å²) in [6.07, 6.45) is 0. The van der Waals surface area contributed by atoms with E-state index in [-0.39, 0.29) is 5.75 Å². The molecule has 50 heavy (non-hydrogen) atoms. The highest BCUT2D eigenvalue weighted by atomic mass is 32.2. The molecule has 7 aromatic carbocycles. The topological polar surface area (TPSA) is 43.4 Å². The van der Waals surface area contributed by atoms with Crippen LogP contribution in [0.1, 0.15) is 0 Å². The van der Waals surface area contributed by atoms with E-state index in [0.29, 0.717) is 10.6 Å². The molecule has 0 aliphatic heterocycles. The number of benzene rings is 7. The summed E-state index contributed by atoms with van der Waals surface area (Å²) < 4.78 is 70.4. The van der Waals surface area contributed by atoms with Crippen LogP contribution in [-0.4, -0.2) is 22.0 Å². The lowest BCUT2D eigenvalue weighted by Gasteiger charge is -2.25. The standard InChI is InChI=1S/C42H33F3O3SSi/c1-50(2,3)37-27-33-25-35-34(24-32(33)26-36(37)48-49(46,47)42(43,44)45)38(28-16-8-4-9-17-28)40(30-20-12-6-13-21-30)41(31-22-14-7-15-23-31)39(35)29-18-10-5-11-19-29/h4-27H,1-3H3. The van der Waals surface area contributed by atoms with Gasteiger partial charge in [-0.1, -0.05) is 147 Å². The van der Waals surface area contributed by atoms with Gasteiger partial charge in [0, 0.05) is 0 Å².